The van der Waals surface area contributed by atoms with Crippen LogP contribution in [0.2, 0.25) is 0 Å². The molecule has 0 radical (unpaired) electrons. The molecule has 0 aliphatic heterocycles. The number of nitrogens with zero attached hydrogens (tertiary/aromatic N) is 2. The predicted octanol–water partition coefficient (Wildman–Crippen LogP) is 0.839. The Morgan fingerprint density at radius 3 is 2.60 bits per heavy atom. The number of nitrogens with one attached hydrogen (secondary N) is 2. The lowest BCUT2D eigenvalue weighted by Crippen LogP contribution is -2.14. The van der Waals surface area contributed by atoms with Crippen molar-refractivity contribution in [3.63, 3.8) is 0 Å². The SMILES string of the molecule is COc1c(NN)ncnc1NCC(C)C. The van der Waals surface area contributed by atoms with Crippen molar-refractivity contribution in [3.05, 3.63) is 6.33 Å². The lowest BCUT2D eigenvalue weighted by Gasteiger charge is -2.13. The number of hydrogen-bond donors (Lipinski definition) is 3. The third kappa shape index (κ3) is 2.95. The van der Waals surface area contributed by atoms with Crippen molar-refractivity contribution in [2.24, 2.45) is 11.8 Å². The molecule has 0 saturated heterocycles. The van der Waals surface area contributed by atoms with Gasteiger partial charge in [-0.3, -0.25) is 0 Å². The lowest BCUT2D eigenvalue weighted by molar-refractivity contribution is 0.414. The van der Waals surface area contributed by atoms with Crippen LogP contribution in [0.4, 0.5) is 11.6 Å². The molecule has 6 heteroatoms. The van der Waals surface area contributed by atoms with E-state index < -0.39 is 0 Å². The molecule has 15 heavy (non-hydrogen) atoms. The van der Waals surface area contributed by atoms with E-state index in [1.54, 1.807) is 7.11 Å². The van der Waals surface area contributed by atoms with Gasteiger partial charge in [0.25, 0.3) is 0 Å². The van der Waals surface area contributed by atoms with E-state index in [2.05, 4.69) is 34.6 Å². The van der Waals surface area contributed by atoms with Gasteiger partial charge in [-0.1, -0.05) is 13.8 Å². The molecule has 0 bridgehead atoms. The number of aromatic nitrogens is 2. The van der Waals surface area contributed by atoms with Gasteiger partial charge in [0, 0.05) is 6.54 Å². The third-order valence-corrected chi connectivity index (χ3v) is 1.82. The van der Waals surface area contributed by atoms with Crippen LogP contribution in [0.15, 0.2) is 6.33 Å². The molecule has 1 aromatic rings. The van der Waals surface area contributed by atoms with E-state index >= 15 is 0 Å². The molecule has 0 saturated carbocycles. The van der Waals surface area contributed by atoms with Crippen LogP contribution in [0.5, 0.6) is 5.75 Å². The van der Waals surface area contributed by atoms with Gasteiger partial charge < -0.3 is 15.5 Å². The minimum Gasteiger partial charge on any atom is -0.490 e. The molecule has 0 unspecified atom stereocenters. The monoisotopic (exact) mass is 211 g/mol. The van der Waals surface area contributed by atoms with Crippen molar-refractivity contribution in [1.82, 2.24) is 9.97 Å². The third-order valence-electron chi connectivity index (χ3n) is 1.82. The average Bonchev–Trinajstić information content (AvgIpc) is 2.25. The van der Waals surface area contributed by atoms with E-state index in [9.17, 15) is 0 Å². The first-order valence-corrected chi connectivity index (χ1v) is 4.78. The van der Waals surface area contributed by atoms with Gasteiger partial charge in [0.1, 0.15) is 6.33 Å². The minimum atomic E-state index is 0.471. The van der Waals surface area contributed by atoms with Crippen LogP contribution in [0, 0.1) is 5.92 Å². The first kappa shape index (κ1) is 11.5. The molecule has 6 nitrogen and oxygen atoms in total. The molecule has 4 N–H and O–H groups in total. The highest BCUT2D eigenvalue weighted by atomic mass is 16.5. The number of hydrogen-bond acceptors (Lipinski definition) is 6. The normalized spacial score (nSPS) is 10.2. The second-order valence-electron chi connectivity index (χ2n) is 3.52. The standard InChI is InChI=1S/C9H17N5O/c1-6(2)4-11-8-7(15-3)9(14-10)13-5-12-8/h5-6H,4,10H2,1-3H3,(H2,11,12,13,14). The van der Waals surface area contributed by atoms with E-state index in [0.29, 0.717) is 23.3 Å². The van der Waals surface area contributed by atoms with Crippen LogP contribution in [0.1, 0.15) is 13.8 Å². The summed E-state index contributed by atoms with van der Waals surface area (Å²) in [5, 5.41) is 3.17. The zero-order valence-corrected chi connectivity index (χ0v) is 9.24. The van der Waals surface area contributed by atoms with Crippen LogP contribution in [-0.4, -0.2) is 23.6 Å². The molecule has 0 aromatic carbocycles. The van der Waals surface area contributed by atoms with Crippen molar-refractivity contribution in [3.8, 4) is 5.75 Å². The summed E-state index contributed by atoms with van der Waals surface area (Å²) in [5.74, 6) is 7.48. The molecule has 1 heterocycles. The molecule has 0 aliphatic carbocycles. The predicted molar refractivity (Wildman–Crippen MR) is 59.7 cm³/mol. The maximum absolute atomic E-state index is 5.30. The zero-order chi connectivity index (χ0) is 11.3. The number of hydrazine groups is 1. The zero-order valence-electron chi connectivity index (χ0n) is 9.24. The minimum absolute atomic E-state index is 0.471. The molecular weight excluding hydrogens is 194 g/mol. The van der Waals surface area contributed by atoms with Crippen molar-refractivity contribution < 1.29 is 4.74 Å². The van der Waals surface area contributed by atoms with Gasteiger partial charge in [-0.15, -0.1) is 0 Å². The maximum Gasteiger partial charge on any atom is 0.205 e. The highest BCUT2D eigenvalue weighted by Crippen LogP contribution is 2.27. The topological polar surface area (TPSA) is 85.1 Å². The molecule has 1 rings (SSSR count). The summed E-state index contributed by atoms with van der Waals surface area (Å²) in [6.45, 7) is 5.04. The first-order chi connectivity index (χ1) is 7.19. The summed E-state index contributed by atoms with van der Waals surface area (Å²) in [4.78, 5) is 8.03. The fourth-order valence-corrected chi connectivity index (χ4v) is 1.10. The van der Waals surface area contributed by atoms with Gasteiger partial charge in [-0.2, -0.15) is 0 Å². The number of rotatable bonds is 5. The highest BCUT2D eigenvalue weighted by Gasteiger charge is 2.10. The second kappa shape index (κ2) is 5.35. The first-order valence-electron chi connectivity index (χ1n) is 4.78. The number of nitrogens with two attached hydrogens (primary N) is 1. The van der Waals surface area contributed by atoms with Crippen LogP contribution in [0.3, 0.4) is 0 Å². The van der Waals surface area contributed by atoms with Gasteiger partial charge in [-0.25, -0.2) is 15.8 Å². The van der Waals surface area contributed by atoms with Crippen LogP contribution in [-0.2, 0) is 0 Å². The summed E-state index contributed by atoms with van der Waals surface area (Å²) in [7, 11) is 1.56. The van der Waals surface area contributed by atoms with E-state index in [1.165, 1.54) is 6.33 Å². The number of methoxy groups -OCH3 is 1. The number of nitrogen functional groups attached to an aromatic ring is 1. The Balaban J connectivity index is 2.86. The summed E-state index contributed by atoms with van der Waals surface area (Å²) in [6, 6.07) is 0. The summed E-state index contributed by atoms with van der Waals surface area (Å²) in [6.07, 6.45) is 1.43. The summed E-state index contributed by atoms with van der Waals surface area (Å²) < 4.78 is 5.17. The van der Waals surface area contributed by atoms with Crippen molar-refractivity contribution in [1.29, 1.82) is 0 Å². The van der Waals surface area contributed by atoms with E-state index in [4.69, 9.17) is 10.6 Å². The number of anilines is 2. The second-order valence-corrected chi connectivity index (χ2v) is 3.52. The van der Waals surface area contributed by atoms with E-state index in [1.807, 2.05) is 0 Å². The molecule has 0 fully saturated rings. The van der Waals surface area contributed by atoms with E-state index in [0.717, 1.165) is 6.54 Å². The quantitative estimate of drug-likeness (QED) is 0.494. The van der Waals surface area contributed by atoms with Gasteiger partial charge in [0.15, 0.2) is 11.6 Å². The average molecular weight is 211 g/mol. The van der Waals surface area contributed by atoms with Crippen molar-refractivity contribution >= 4 is 11.6 Å². The van der Waals surface area contributed by atoms with Crippen LogP contribution in [0.25, 0.3) is 0 Å². The van der Waals surface area contributed by atoms with Crippen molar-refractivity contribution in [2.45, 2.75) is 13.8 Å². The molecule has 0 spiro atoms. The van der Waals surface area contributed by atoms with Crippen molar-refractivity contribution in [2.75, 3.05) is 24.4 Å². The Bertz CT molecular complexity index is 315. The van der Waals surface area contributed by atoms with Gasteiger partial charge in [-0.05, 0) is 5.92 Å². The lowest BCUT2D eigenvalue weighted by atomic mass is 10.2. The summed E-state index contributed by atoms with van der Waals surface area (Å²) >= 11 is 0. The van der Waals surface area contributed by atoms with Gasteiger partial charge in [0.05, 0.1) is 7.11 Å². The maximum atomic E-state index is 5.30. The Hall–Kier alpha value is -1.56. The molecule has 0 aliphatic rings. The van der Waals surface area contributed by atoms with E-state index in [-0.39, 0.29) is 0 Å². The Labute approximate surface area is 89.2 Å². The molecule has 0 atom stereocenters. The Kier molecular flexibility index (Phi) is 4.11. The number of ether oxygens (including phenoxy) is 1. The summed E-state index contributed by atoms with van der Waals surface area (Å²) in [5.41, 5.74) is 2.46. The molecule has 0 amide bonds. The molecule has 1 aromatic heterocycles. The Morgan fingerprint density at radius 1 is 1.40 bits per heavy atom. The fourth-order valence-electron chi connectivity index (χ4n) is 1.10. The smallest absolute Gasteiger partial charge is 0.205 e. The van der Waals surface area contributed by atoms with Gasteiger partial charge in [0.2, 0.25) is 5.75 Å². The van der Waals surface area contributed by atoms with Gasteiger partial charge >= 0.3 is 0 Å². The van der Waals surface area contributed by atoms with Crippen LogP contribution >= 0.6 is 0 Å². The molecule has 84 valence electrons. The largest absolute Gasteiger partial charge is 0.490 e. The Morgan fingerprint density at radius 2 is 2.07 bits per heavy atom. The molecular formula is C9H17N5O. The fraction of sp³-hybridized carbons (Fsp3) is 0.556. The highest BCUT2D eigenvalue weighted by molar-refractivity contribution is 5.62. The van der Waals surface area contributed by atoms with Crippen LogP contribution < -0.4 is 21.3 Å².